The highest BCUT2D eigenvalue weighted by Crippen LogP contribution is 1.88. The van der Waals surface area contributed by atoms with E-state index >= 15 is 0 Å². The smallest absolute Gasteiger partial charge is 0.321 e. The molecule has 7 nitrogen and oxygen atoms in total. The van der Waals surface area contributed by atoms with Gasteiger partial charge in [0.05, 0.1) is 0 Å². The van der Waals surface area contributed by atoms with Crippen molar-refractivity contribution in [3.8, 4) is 0 Å². The lowest BCUT2D eigenvalue weighted by atomic mass is 10.3. The maximum atomic E-state index is 11.0. The molecule has 0 spiro atoms. The van der Waals surface area contributed by atoms with Gasteiger partial charge in [0.25, 0.3) is 0 Å². The first kappa shape index (κ1) is 11.2. The first-order valence-electron chi connectivity index (χ1n) is 3.74. The van der Waals surface area contributed by atoms with E-state index in [1.165, 1.54) is 6.92 Å². The van der Waals surface area contributed by atoms with Crippen LogP contribution in [0.3, 0.4) is 0 Å². The lowest BCUT2D eigenvalue weighted by Gasteiger charge is -2.05. The summed E-state index contributed by atoms with van der Waals surface area (Å²) in [5, 5.41) is 7.51. The van der Waals surface area contributed by atoms with Gasteiger partial charge in [-0.25, -0.2) is 4.79 Å². The molecule has 0 aromatic rings. The Balaban J connectivity index is 3.99. The van der Waals surface area contributed by atoms with E-state index in [0.717, 1.165) is 0 Å². The van der Waals surface area contributed by atoms with Crippen molar-refractivity contribution >= 4 is 11.9 Å². The van der Waals surface area contributed by atoms with Gasteiger partial charge in [-0.05, 0) is 19.4 Å². The van der Waals surface area contributed by atoms with Gasteiger partial charge < -0.3 is 5.32 Å². The summed E-state index contributed by atoms with van der Waals surface area (Å²) in [4.78, 5) is 24.2. The van der Waals surface area contributed by atoms with Gasteiger partial charge in [0.2, 0.25) is 5.91 Å². The highest BCUT2D eigenvalue weighted by molar-refractivity contribution is 5.96. The zero-order chi connectivity index (χ0) is 10.3. The van der Waals surface area contributed by atoms with Crippen LogP contribution in [0, 0.1) is 0 Å². The highest BCUT2D eigenvalue weighted by Gasteiger charge is 2.12. The molecule has 0 aliphatic carbocycles. The Kier molecular flexibility index (Phi) is 5.06. The third-order valence-electron chi connectivity index (χ3n) is 1.18. The topological polar surface area (TPSA) is 107 Å². The first-order valence-corrected chi connectivity index (χ1v) is 3.74. The minimum absolute atomic E-state index is 0.426. The number of carbonyl (C=O) groups excluding carboxylic acids is 2. The Morgan fingerprint density at radius 2 is 2.23 bits per heavy atom. The standard InChI is InChI=1S/C6H11N5O2/c1-3-8-6(13)9-5(12)4(2)10-11-7/h4H,3H2,1-2H3,(H2,8,9,12,13). The van der Waals surface area contributed by atoms with E-state index in [-0.39, 0.29) is 0 Å². The SMILES string of the molecule is CCNC(=O)NC(=O)C(C)N=[N+]=[N-]. The zero-order valence-electron chi connectivity index (χ0n) is 7.44. The molecule has 0 radical (unpaired) electrons. The van der Waals surface area contributed by atoms with Gasteiger partial charge in [-0.3, -0.25) is 10.1 Å². The summed E-state index contributed by atoms with van der Waals surface area (Å²) in [6.07, 6.45) is 0. The van der Waals surface area contributed by atoms with E-state index in [1.54, 1.807) is 6.92 Å². The van der Waals surface area contributed by atoms with Gasteiger partial charge in [0, 0.05) is 11.5 Å². The van der Waals surface area contributed by atoms with Crippen LogP contribution in [0.25, 0.3) is 10.4 Å². The molecule has 13 heavy (non-hydrogen) atoms. The van der Waals surface area contributed by atoms with Gasteiger partial charge in [0.1, 0.15) is 6.04 Å². The molecule has 3 amide bonds. The molecule has 0 saturated heterocycles. The summed E-state index contributed by atoms with van der Waals surface area (Å²) >= 11 is 0. The van der Waals surface area contributed by atoms with Crippen LogP contribution in [0.5, 0.6) is 0 Å². The Bertz CT molecular complexity index is 245. The molecule has 0 fully saturated rings. The Morgan fingerprint density at radius 1 is 1.62 bits per heavy atom. The van der Waals surface area contributed by atoms with E-state index in [1.807, 2.05) is 5.32 Å². The van der Waals surface area contributed by atoms with Crippen molar-refractivity contribution in [2.75, 3.05) is 6.54 Å². The minimum Gasteiger partial charge on any atom is -0.338 e. The summed E-state index contributed by atoms with van der Waals surface area (Å²) in [6, 6.07) is -1.47. The monoisotopic (exact) mass is 185 g/mol. The van der Waals surface area contributed by atoms with Crippen LogP contribution in [-0.2, 0) is 4.79 Å². The molecule has 7 heteroatoms. The van der Waals surface area contributed by atoms with Gasteiger partial charge in [-0.15, -0.1) is 0 Å². The van der Waals surface area contributed by atoms with Crippen LogP contribution in [0.2, 0.25) is 0 Å². The average molecular weight is 185 g/mol. The quantitative estimate of drug-likeness (QED) is 0.380. The Hall–Kier alpha value is -1.75. The van der Waals surface area contributed by atoms with Gasteiger partial charge in [-0.1, -0.05) is 5.11 Å². The molecule has 0 heterocycles. The molecule has 0 rings (SSSR count). The number of imide groups is 1. The van der Waals surface area contributed by atoms with Crippen LogP contribution in [0.15, 0.2) is 5.11 Å². The van der Waals surface area contributed by atoms with Crippen molar-refractivity contribution < 1.29 is 9.59 Å². The number of hydrogen-bond acceptors (Lipinski definition) is 3. The molecule has 0 aliphatic rings. The Labute approximate surface area is 75.1 Å². The number of rotatable bonds is 3. The van der Waals surface area contributed by atoms with Crippen molar-refractivity contribution in [3.05, 3.63) is 10.4 Å². The van der Waals surface area contributed by atoms with E-state index in [9.17, 15) is 9.59 Å². The number of urea groups is 1. The third-order valence-corrected chi connectivity index (χ3v) is 1.18. The maximum absolute atomic E-state index is 11.0. The molecule has 0 aliphatic heterocycles. The normalized spacial score (nSPS) is 10.9. The van der Waals surface area contributed by atoms with Crippen molar-refractivity contribution in [2.45, 2.75) is 19.9 Å². The van der Waals surface area contributed by atoms with E-state index in [4.69, 9.17) is 5.53 Å². The number of nitrogens with one attached hydrogen (secondary N) is 2. The molecule has 2 N–H and O–H groups in total. The van der Waals surface area contributed by atoms with Crippen LogP contribution in [0.4, 0.5) is 4.79 Å². The second-order valence-electron chi connectivity index (χ2n) is 2.23. The second-order valence-corrected chi connectivity index (χ2v) is 2.23. The largest absolute Gasteiger partial charge is 0.338 e. The zero-order valence-corrected chi connectivity index (χ0v) is 7.44. The van der Waals surface area contributed by atoms with Crippen LogP contribution in [-0.4, -0.2) is 24.5 Å². The number of nitrogens with zero attached hydrogens (tertiary/aromatic N) is 3. The summed E-state index contributed by atoms with van der Waals surface area (Å²) in [7, 11) is 0. The van der Waals surface area contributed by atoms with Crippen LogP contribution >= 0.6 is 0 Å². The fourth-order valence-electron chi connectivity index (χ4n) is 0.551. The van der Waals surface area contributed by atoms with Crippen molar-refractivity contribution in [3.63, 3.8) is 0 Å². The second kappa shape index (κ2) is 5.84. The molecule has 0 aromatic heterocycles. The number of azide groups is 1. The minimum atomic E-state index is -0.882. The first-order chi connectivity index (χ1) is 6.11. The predicted molar refractivity (Wildman–Crippen MR) is 45.8 cm³/mol. The fourth-order valence-corrected chi connectivity index (χ4v) is 0.551. The average Bonchev–Trinajstić information content (AvgIpc) is 2.05. The lowest BCUT2D eigenvalue weighted by molar-refractivity contribution is -0.120. The van der Waals surface area contributed by atoms with E-state index in [0.29, 0.717) is 6.54 Å². The van der Waals surface area contributed by atoms with E-state index in [2.05, 4.69) is 15.3 Å². The molecule has 1 unspecified atom stereocenters. The molecular weight excluding hydrogens is 174 g/mol. The molecule has 0 bridgehead atoms. The fraction of sp³-hybridized carbons (Fsp3) is 0.667. The number of amides is 3. The van der Waals surface area contributed by atoms with E-state index < -0.39 is 18.0 Å². The molecular formula is C6H11N5O2. The van der Waals surface area contributed by atoms with Crippen molar-refractivity contribution in [1.82, 2.24) is 10.6 Å². The number of carbonyl (C=O) groups is 2. The molecule has 1 atom stereocenters. The summed E-state index contributed by atoms with van der Waals surface area (Å²) < 4.78 is 0. The molecule has 72 valence electrons. The lowest BCUT2D eigenvalue weighted by Crippen LogP contribution is -2.42. The van der Waals surface area contributed by atoms with Gasteiger partial charge in [-0.2, -0.15) is 0 Å². The van der Waals surface area contributed by atoms with Gasteiger partial charge in [0.15, 0.2) is 0 Å². The van der Waals surface area contributed by atoms with Gasteiger partial charge >= 0.3 is 6.03 Å². The number of hydrogen-bond donors (Lipinski definition) is 2. The summed E-state index contributed by atoms with van der Waals surface area (Å²) in [6.45, 7) is 3.55. The summed E-state index contributed by atoms with van der Waals surface area (Å²) in [5.74, 6) is -0.622. The third kappa shape index (κ3) is 4.65. The molecule has 0 aromatic carbocycles. The maximum Gasteiger partial charge on any atom is 0.321 e. The Morgan fingerprint density at radius 3 is 2.69 bits per heavy atom. The summed E-state index contributed by atoms with van der Waals surface area (Å²) in [5.41, 5.74) is 8.00. The van der Waals surface area contributed by atoms with Crippen LogP contribution < -0.4 is 10.6 Å². The van der Waals surface area contributed by atoms with Crippen molar-refractivity contribution in [2.24, 2.45) is 5.11 Å². The van der Waals surface area contributed by atoms with Crippen LogP contribution in [0.1, 0.15) is 13.8 Å². The highest BCUT2D eigenvalue weighted by atomic mass is 16.2. The molecule has 0 saturated carbocycles. The van der Waals surface area contributed by atoms with Crippen molar-refractivity contribution in [1.29, 1.82) is 0 Å². The predicted octanol–water partition coefficient (Wildman–Crippen LogP) is 0.531.